The highest BCUT2D eigenvalue weighted by Crippen LogP contribution is 2.17. The molecule has 0 aliphatic carbocycles. The molecule has 0 aliphatic heterocycles. The lowest BCUT2D eigenvalue weighted by Crippen LogP contribution is -2.04. The monoisotopic (exact) mass is 234 g/mol. The number of nitrogens with two attached hydrogens (primary N) is 1. The number of thiazole rings is 1. The van der Waals surface area contributed by atoms with Crippen molar-refractivity contribution in [2.45, 2.75) is 19.6 Å². The Balaban J connectivity index is 1.95. The fraction of sp³-hybridized carbons (Fsp3) is 0.250. The fourth-order valence-electron chi connectivity index (χ4n) is 1.34. The summed E-state index contributed by atoms with van der Waals surface area (Å²) in [4.78, 5) is 4.15. The van der Waals surface area contributed by atoms with Gasteiger partial charge in [0, 0.05) is 17.6 Å². The molecule has 0 bridgehead atoms. The lowest BCUT2D eigenvalue weighted by Gasteiger charge is -2.07. The number of rotatable bonds is 4. The molecule has 0 saturated carbocycles. The first kappa shape index (κ1) is 11.1. The quantitative estimate of drug-likeness (QED) is 0.884. The van der Waals surface area contributed by atoms with E-state index in [-0.39, 0.29) is 6.04 Å². The van der Waals surface area contributed by atoms with E-state index >= 15 is 0 Å². The molecule has 0 amide bonds. The van der Waals surface area contributed by atoms with Crippen molar-refractivity contribution in [3.05, 3.63) is 46.4 Å². The zero-order valence-electron chi connectivity index (χ0n) is 9.09. The number of hydrogen-bond acceptors (Lipinski definition) is 4. The van der Waals surface area contributed by atoms with Gasteiger partial charge in [0.15, 0.2) is 0 Å². The third-order valence-electron chi connectivity index (χ3n) is 2.25. The highest BCUT2D eigenvalue weighted by Gasteiger charge is 2.00. The van der Waals surface area contributed by atoms with Gasteiger partial charge in [-0.3, -0.25) is 0 Å². The molecule has 1 aromatic heterocycles. The molecular weight excluding hydrogens is 220 g/mol. The van der Waals surface area contributed by atoms with Crippen molar-refractivity contribution < 1.29 is 4.74 Å². The SMILES string of the molecule is CC(N)c1ccc(OCc2nccs2)cc1. The molecule has 4 heteroatoms. The Hall–Kier alpha value is -1.39. The van der Waals surface area contributed by atoms with Gasteiger partial charge >= 0.3 is 0 Å². The van der Waals surface area contributed by atoms with Crippen LogP contribution in [-0.4, -0.2) is 4.98 Å². The minimum Gasteiger partial charge on any atom is -0.486 e. The Bertz CT molecular complexity index is 423. The first-order valence-corrected chi connectivity index (χ1v) is 6.00. The molecule has 3 nitrogen and oxygen atoms in total. The molecule has 1 atom stereocenters. The van der Waals surface area contributed by atoms with Gasteiger partial charge in [0.25, 0.3) is 0 Å². The summed E-state index contributed by atoms with van der Waals surface area (Å²) in [5.41, 5.74) is 6.88. The maximum Gasteiger partial charge on any atom is 0.140 e. The molecule has 0 fully saturated rings. The molecule has 0 aliphatic rings. The molecule has 16 heavy (non-hydrogen) atoms. The largest absolute Gasteiger partial charge is 0.486 e. The molecule has 1 heterocycles. The van der Waals surface area contributed by atoms with Gasteiger partial charge in [-0.15, -0.1) is 11.3 Å². The van der Waals surface area contributed by atoms with Gasteiger partial charge in [-0.25, -0.2) is 4.98 Å². The molecular formula is C12H14N2OS. The van der Waals surface area contributed by atoms with Crippen LogP contribution in [0.25, 0.3) is 0 Å². The van der Waals surface area contributed by atoms with E-state index in [2.05, 4.69) is 4.98 Å². The molecule has 2 N–H and O–H groups in total. The topological polar surface area (TPSA) is 48.1 Å². The summed E-state index contributed by atoms with van der Waals surface area (Å²) in [6.07, 6.45) is 1.78. The fourth-order valence-corrected chi connectivity index (χ4v) is 1.86. The molecule has 2 rings (SSSR count). The van der Waals surface area contributed by atoms with E-state index in [9.17, 15) is 0 Å². The van der Waals surface area contributed by atoms with Crippen LogP contribution in [0, 0.1) is 0 Å². The standard InChI is InChI=1S/C12H14N2OS/c1-9(13)10-2-4-11(5-3-10)15-8-12-14-6-7-16-12/h2-7,9H,8,13H2,1H3. The second-order valence-electron chi connectivity index (χ2n) is 3.57. The van der Waals surface area contributed by atoms with Gasteiger partial charge in [0.05, 0.1) is 0 Å². The summed E-state index contributed by atoms with van der Waals surface area (Å²) < 4.78 is 5.59. The zero-order valence-corrected chi connectivity index (χ0v) is 9.91. The zero-order chi connectivity index (χ0) is 11.4. The molecule has 1 aromatic carbocycles. The van der Waals surface area contributed by atoms with Crippen LogP contribution in [0.2, 0.25) is 0 Å². The van der Waals surface area contributed by atoms with E-state index in [0.717, 1.165) is 16.3 Å². The number of benzene rings is 1. The number of ether oxygens (including phenoxy) is 1. The van der Waals surface area contributed by atoms with Crippen LogP contribution in [0.4, 0.5) is 0 Å². The number of hydrogen-bond donors (Lipinski definition) is 1. The minimum absolute atomic E-state index is 0.0630. The Kier molecular flexibility index (Phi) is 3.54. The Morgan fingerprint density at radius 1 is 1.38 bits per heavy atom. The third-order valence-corrected chi connectivity index (χ3v) is 3.00. The first-order chi connectivity index (χ1) is 7.75. The Labute approximate surface area is 98.9 Å². The van der Waals surface area contributed by atoms with Gasteiger partial charge in [-0.05, 0) is 24.6 Å². The van der Waals surface area contributed by atoms with Crippen molar-refractivity contribution in [1.29, 1.82) is 0 Å². The Morgan fingerprint density at radius 3 is 2.69 bits per heavy atom. The molecule has 2 aromatic rings. The molecule has 84 valence electrons. The number of nitrogens with zero attached hydrogens (tertiary/aromatic N) is 1. The van der Waals surface area contributed by atoms with Crippen molar-refractivity contribution in [2.75, 3.05) is 0 Å². The molecule has 0 spiro atoms. The van der Waals surface area contributed by atoms with E-state index in [1.54, 1.807) is 17.5 Å². The van der Waals surface area contributed by atoms with Gasteiger partial charge in [0.1, 0.15) is 17.4 Å². The average molecular weight is 234 g/mol. The van der Waals surface area contributed by atoms with Gasteiger partial charge < -0.3 is 10.5 Å². The van der Waals surface area contributed by atoms with Crippen molar-refractivity contribution in [1.82, 2.24) is 4.98 Å². The summed E-state index contributed by atoms with van der Waals surface area (Å²) in [6, 6.07) is 7.91. The summed E-state index contributed by atoms with van der Waals surface area (Å²) >= 11 is 1.59. The summed E-state index contributed by atoms with van der Waals surface area (Å²) in [6.45, 7) is 2.49. The predicted octanol–water partition coefficient (Wildman–Crippen LogP) is 2.74. The molecule has 1 unspecified atom stereocenters. The van der Waals surface area contributed by atoms with E-state index in [0.29, 0.717) is 6.61 Å². The summed E-state index contributed by atoms with van der Waals surface area (Å²) in [5.74, 6) is 0.847. The Morgan fingerprint density at radius 2 is 2.12 bits per heavy atom. The van der Waals surface area contributed by atoms with Crippen molar-refractivity contribution in [2.24, 2.45) is 5.73 Å². The van der Waals surface area contributed by atoms with Gasteiger partial charge in [0.2, 0.25) is 0 Å². The van der Waals surface area contributed by atoms with E-state index in [4.69, 9.17) is 10.5 Å². The normalized spacial score (nSPS) is 12.4. The highest BCUT2D eigenvalue weighted by atomic mass is 32.1. The van der Waals surface area contributed by atoms with Crippen molar-refractivity contribution in [3.63, 3.8) is 0 Å². The average Bonchev–Trinajstić information content (AvgIpc) is 2.80. The second kappa shape index (κ2) is 5.09. The van der Waals surface area contributed by atoms with Crippen LogP contribution in [-0.2, 0) is 6.61 Å². The maximum atomic E-state index is 5.77. The minimum atomic E-state index is 0.0630. The van der Waals surface area contributed by atoms with Gasteiger partial charge in [-0.1, -0.05) is 12.1 Å². The molecule has 0 saturated heterocycles. The number of aromatic nitrogens is 1. The van der Waals surface area contributed by atoms with Crippen LogP contribution in [0.3, 0.4) is 0 Å². The van der Waals surface area contributed by atoms with E-state index in [1.807, 2.05) is 36.6 Å². The van der Waals surface area contributed by atoms with Gasteiger partial charge in [-0.2, -0.15) is 0 Å². The predicted molar refractivity (Wildman–Crippen MR) is 65.5 cm³/mol. The first-order valence-electron chi connectivity index (χ1n) is 5.12. The van der Waals surface area contributed by atoms with Crippen molar-refractivity contribution >= 4 is 11.3 Å². The molecule has 0 radical (unpaired) electrons. The van der Waals surface area contributed by atoms with Crippen LogP contribution < -0.4 is 10.5 Å². The van der Waals surface area contributed by atoms with E-state index < -0.39 is 0 Å². The smallest absolute Gasteiger partial charge is 0.140 e. The van der Waals surface area contributed by atoms with Crippen LogP contribution >= 0.6 is 11.3 Å². The van der Waals surface area contributed by atoms with Crippen molar-refractivity contribution in [3.8, 4) is 5.75 Å². The van der Waals surface area contributed by atoms with Crippen LogP contribution in [0.15, 0.2) is 35.8 Å². The lowest BCUT2D eigenvalue weighted by atomic mass is 10.1. The highest BCUT2D eigenvalue weighted by molar-refractivity contribution is 7.09. The summed E-state index contributed by atoms with van der Waals surface area (Å²) in [5, 5.41) is 2.93. The summed E-state index contributed by atoms with van der Waals surface area (Å²) in [7, 11) is 0. The van der Waals surface area contributed by atoms with Crippen LogP contribution in [0.5, 0.6) is 5.75 Å². The second-order valence-corrected chi connectivity index (χ2v) is 4.55. The van der Waals surface area contributed by atoms with Crippen LogP contribution in [0.1, 0.15) is 23.5 Å². The maximum absolute atomic E-state index is 5.77. The third kappa shape index (κ3) is 2.81. The lowest BCUT2D eigenvalue weighted by molar-refractivity contribution is 0.305. The van der Waals surface area contributed by atoms with E-state index in [1.165, 1.54) is 0 Å².